The van der Waals surface area contributed by atoms with Crippen molar-refractivity contribution in [3.63, 3.8) is 0 Å². The molecule has 0 unspecified atom stereocenters. The number of benzene rings is 2. The molecule has 0 atom stereocenters. The minimum atomic E-state index is -4.57. The van der Waals surface area contributed by atoms with Gasteiger partial charge in [-0.15, -0.1) is 0 Å². The summed E-state index contributed by atoms with van der Waals surface area (Å²) in [4.78, 5) is 37.6. The van der Waals surface area contributed by atoms with E-state index in [4.69, 9.17) is 0 Å². The van der Waals surface area contributed by atoms with Gasteiger partial charge < -0.3 is 5.32 Å². The van der Waals surface area contributed by atoms with Crippen LogP contribution in [0.4, 0.5) is 22.4 Å². The second-order valence-electron chi connectivity index (χ2n) is 6.22. The highest BCUT2D eigenvalue weighted by molar-refractivity contribution is 8.18. The quantitative estimate of drug-likeness (QED) is 0.558. The van der Waals surface area contributed by atoms with Crippen LogP contribution in [0.5, 0.6) is 0 Å². The summed E-state index contributed by atoms with van der Waals surface area (Å²) in [6.07, 6.45) is -3.12. The predicted molar refractivity (Wildman–Crippen MR) is 103 cm³/mol. The van der Waals surface area contributed by atoms with E-state index in [1.807, 2.05) is 0 Å². The fourth-order valence-electron chi connectivity index (χ4n) is 2.62. The molecule has 10 heteroatoms. The number of alkyl halides is 3. The molecule has 1 aliphatic heterocycles. The van der Waals surface area contributed by atoms with Gasteiger partial charge in [-0.3, -0.25) is 19.3 Å². The summed E-state index contributed by atoms with van der Waals surface area (Å²) in [5.41, 5.74) is -0.595. The zero-order valence-corrected chi connectivity index (χ0v) is 16.0. The molecule has 1 heterocycles. The van der Waals surface area contributed by atoms with Crippen LogP contribution in [-0.2, 0) is 11.0 Å². The van der Waals surface area contributed by atoms with E-state index >= 15 is 0 Å². The lowest BCUT2D eigenvalue weighted by atomic mass is 10.1. The number of rotatable bonds is 5. The Labute approximate surface area is 172 Å². The van der Waals surface area contributed by atoms with Gasteiger partial charge in [-0.25, -0.2) is 4.39 Å². The van der Waals surface area contributed by atoms with E-state index in [0.29, 0.717) is 17.3 Å². The van der Waals surface area contributed by atoms with Crippen molar-refractivity contribution in [2.24, 2.45) is 0 Å². The Kier molecular flexibility index (Phi) is 6.25. The van der Waals surface area contributed by atoms with Crippen molar-refractivity contribution >= 4 is 34.9 Å². The molecule has 2 aromatic carbocycles. The van der Waals surface area contributed by atoms with Gasteiger partial charge in [-0.05, 0) is 53.7 Å². The van der Waals surface area contributed by atoms with Gasteiger partial charge in [-0.2, -0.15) is 13.2 Å². The van der Waals surface area contributed by atoms with Gasteiger partial charge in [0.2, 0.25) is 0 Å². The highest BCUT2D eigenvalue weighted by Gasteiger charge is 2.35. The lowest BCUT2D eigenvalue weighted by Crippen LogP contribution is -2.37. The number of hydrogen-bond donors (Lipinski definition) is 1. The third-order valence-electron chi connectivity index (χ3n) is 4.11. The Hall–Kier alpha value is -3.14. The van der Waals surface area contributed by atoms with Crippen molar-refractivity contribution in [3.8, 4) is 0 Å². The average Bonchev–Trinajstić information content (AvgIpc) is 2.96. The topological polar surface area (TPSA) is 66.5 Å². The number of nitrogens with zero attached hydrogens (tertiary/aromatic N) is 1. The smallest absolute Gasteiger partial charge is 0.350 e. The number of nitrogens with one attached hydrogen (secondary N) is 1. The van der Waals surface area contributed by atoms with E-state index in [0.717, 1.165) is 23.1 Å². The number of carbonyl (C=O) groups excluding carboxylic acids is 3. The molecule has 0 aliphatic carbocycles. The van der Waals surface area contributed by atoms with E-state index in [1.54, 1.807) is 0 Å². The van der Waals surface area contributed by atoms with Gasteiger partial charge in [0.25, 0.3) is 17.1 Å². The first kappa shape index (κ1) is 21.6. The zero-order chi connectivity index (χ0) is 21.9. The van der Waals surface area contributed by atoms with E-state index in [2.05, 4.69) is 5.32 Å². The molecular formula is C20H14F4N2O3S. The van der Waals surface area contributed by atoms with Crippen LogP contribution in [0.3, 0.4) is 0 Å². The summed E-state index contributed by atoms with van der Waals surface area (Å²) in [7, 11) is 0. The average molecular weight is 438 g/mol. The fourth-order valence-corrected chi connectivity index (χ4v) is 3.49. The lowest BCUT2D eigenvalue weighted by molar-refractivity contribution is -0.137. The Morgan fingerprint density at radius 1 is 1.10 bits per heavy atom. The molecule has 156 valence electrons. The van der Waals surface area contributed by atoms with Crippen LogP contribution >= 0.6 is 11.8 Å². The van der Waals surface area contributed by atoms with Crippen LogP contribution in [0.15, 0.2) is 53.4 Å². The molecule has 0 bridgehead atoms. The molecule has 3 rings (SSSR count). The summed E-state index contributed by atoms with van der Waals surface area (Å²) in [5, 5.41) is 1.85. The minimum Gasteiger partial charge on any atom is -0.350 e. The number of amides is 3. The third kappa shape index (κ3) is 5.07. The van der Waals surface area contributed by atoms with Crippen LogP contribution in [0, 0.1) is 5.82 Å². The number of thioether (sulfide) groups is 1. The molecule has 3 amide bonds. The van der Waals surface area contributed by atoms with Crippen LogP contribution in [0.25, 0.3) is 6.08 Å². The SMILES string of the molecule is O=C(NCCN1C(=O)SC(=Cc2ccc(F)cc2)C1=O)c1cccc(C(F)(F)F)c1. The van der Waals surface area contributed by atoms with E-state index in [-0.39, 0.29) is 23.6 Å². The highest BCUT2D eigenvalue weighted by Crippen LogP contribution is 2.32. The van der Waals surface area contributed by atoms with Gasteiger partial charge in [-0.1, -0.05) is 18.2 Å². The Bertz CT molecular complexity index is 1020. The first-order valence-electron chi connectivity index (χ1n) is 8.61. The van der Waals surface area contributed by atoms with Crippen molar-refractivity contribution in [1.82, 2.24) is 10.2 Å². The predicted octanol–water partition coefficient (Wildman–Crippen LogP) is 4.31. The first-order valence-corrected chi connectivity index (χ1v) is 9.43. The van der Waals surface area contributed by atoms with Gasteiger partial charge in [0, 0.05) is 18.7 Å². The van der Waals surface area contributed by atoms with Gasteiger partial charge >= 0.3 is 6.18 Å². The molecule has 0 spiro atoms. The fraction of sp³-hybridized carbons (Fsp3) is 0.150. The van der Waals surface area contributed by atoms with Gasteiger partial charge in [0.15, 0.2) is 0 Å². The van der Waals surface area contributed by atoms with Crippen LogP contribution in [0.2, 0.25) is 0 Å². The van der Waals surface area contributed by atoms with Crippen molar-refractivity contribution in [2.45, 2.75) is 6.18 Å². The second kappa shape index (κ2) is 8.70. The summed E-state index contributed by atoms with van der Waals surface area (Å²) in [5.74, 6) is -1.76. The molecule has 1 fully saturated rings. The van der Waals surface area contributed by atoms with Gasteiger partial charge in [0.1, 0.15) is 5.82 Å². The van der Waals surface area contributed by atoms with E-state index in [9.17, 15) is 31.9 Å². The minimum absolute atomic E-state index is 0.128. The zero-order valence-electron chi connectivity index (χ0n) is 15.2. The van der Waals surface area contributed by atoms with Crippen LogP contribution in [-0.4, -0.2) is 35.0 Å². The Morgan fingerprint density at radius 2 is 1.80 bits per heavy atom. The maximum Gasteiger partial charge on any atom is 0.416 e. The summed E-state index contributed by atoms with van der Waals surface area (Å²) in [6.45, 7) is -0.271. The van der Waals surface area contributed by atoms with Crippen molar-refractivity contribution in [3.05, 3.63) is 75.9 Å². The normalized spacial score (nSPS) is 15.7. The van der Waals surface area contributed by atoms with Crippen molar-refractivity contribution in [2.75, 3.05) is 13.1 Å². The molecule has 0 aromatic heterocycles. The lowest BCUT2D eigenvalue weighted by Gasteiger charge is -2.13. The molecule has 2 aromatic rings. The second-order valence-corrected chi connectivity index (χ2v) is 7.21. The third-order valence-corrected chi connectivity index (χ3v) is 5.02. The van der Waals surface area contributed by atoms with Crippen LogP contribution in [0.1, 0.15) is 21.5 Å². The summed E-state index contributed by atoms with van der Waals surface area (Å²) >= 11 is 0.708. The first-order chi connectivity index (χ1) is 14.1. The number of imide groups is 1. The largest absolute Gasteiger partial charge is 0.416 e. The van der Waals surface area contributed by atoms with Gasteiger partial charge in [0.05, 0.1) is 10.5 Å². The number of hydrogen-bond acceptors (Lipinski definition) is 4. The standard InChI is InChI=1S/C20H14F4N2O3S/c21-15-6-4-12(5-7-15)10-16-18(28)26(19(29)30-16)9-8-25-17(27)13-2-1-3-14(11-13)20(22,23)24/h1-7,10-11H,8-9H2,(H,25,27). The molecule has 0 radical (unpaired) electrons. The maximum atomic E-state index is 13.0. The van der Waals surface area contributed by atoms with Crippen LogP contribution < -0.4 is 5.32 Å². The monoisotopic (exact) mass is 438 g/mol. The molecule has 1 N–H and O–H groups in total. The molecule has 0 saturated carbocycles. The molecule has 1 aliphatic rings. The summed E-state index contributed by atoms with van der Waals surface area (Å²) in [6, 6.07) is 9.28. The molecule has 5 nitrogen and oxygen atoms in total. The maximum absolute atomic E-state index is 13.0. The Morgan fingerprint density at radius 3 is 2.47 bits per heavy atom. The number of halogens is 4. The van der Waals surface area contributed by atoms with E-state index in [1.165, 1.54) is 36.4 Å². The molecular weight excluding hydrogens is 424 g/mol. The summed E-state index contributed by atoms with van der Waals surface area (Å²) < 4.78 is 51.2. The Balaban J connectivity index is 1.59. The highest BCUT2D eigenvalue weighted by atomic mass is 32.2. The van der Waals surface area contributed by atoms with Crippen molar-refractivity contribution in [1.29, 1.82) is 0 Å². The van der Waals surface area contributed by atoms with Crippen molar-refractivity contribution < 1.29 is 31.9 Å². The molecule has 30 heavy (non-hydrogen) atoms. The van der Waals surface area contributed by atoms with E-state index < -0.39 is 34.6 Å². The number of carbonyl (C=O) groups is 3. The molecule has 1 saturated heterocycles.